The lowest BCUT2D eigenvalue weighted by Gasteiger charge is -2.12. The molecule has 0 aliphatic rings. The Balaban J connectivity index is 1.93. The van der Waals surface area contributed by atoms with Crippen molar-refractivity contribution in [1.29, 1.82) is 0 Å². The van der Waals surface area contributed by atoms with Gasteiger partial charge in [0.05, 0.1) is 11.4 Å². The number of aryl methyl sites for hydroxylation is 2. The van der Waals surface area contributed by atoms with Crippen molar-refractivity contribution in [1.82, 2.24) is 19.7 Å². The molecule has 130 valence electrons. The maximum atomic E-state index is 8.94. The Morgan fingerprint density at radius 3 is 2.52 bits per heavy atom. The van der Waals surface area contributed by atoms with Gasteiger partial charge in [-0.05, 0) is 31.5 Å². The summed E-state index contributed by atoms with van der Waals surface area (Å²) in [6.45, 7) is 2.87. The molecule has 2 heterocycles. The molecule has 25 heavy (non-hydrogen) atoms. The standard InChI is InChI=1S/C19H23N5O/c1-14-12-18(21-19(20-14)23(2)3)16-7-4-6-15(13-16)17-8-10-24(22-17)9-5-11-25/h4,6-8,10,12-13,25H,5,9,11H2,1-3H3. The minimum atomic E-state index is 0.173. The number of hydrogen-bond donors (Lipinski definition) is 1. The molecule has 0 saturated heterocycles. The number of aliphatic hydroxyl groups excluding tert-OH is 1. The van der Waals surface area contributed by atoms with Crippen molar-refractivity contribution < 1.29 is 5.11 Å². The SMILES string of the molecule is Cc1cc(-c2cccc(-c3ccn(CCCO)n3)c2)nc(N(C)C)n1. The normalized spacial score (nSPS) is 10.9. The zero-order valence-electron chi connectivity index (χ0n) is 14.8. The van der Waals surface area contributed by atoms with Gasteiger partial charge >= 0.3 is 0 Å². The summed E-state index contributed by atoms with van der Waals surface area (Å²) in [7, 11) is 3.88. The highest BCUT2D eigenvalue weighted by Crippen LogP contribution is 2.25. The van der Waals surface area contributed by atoms with E-state index in [2.05, 4.69) is 21.1 Å². The van der Waals surface area contributed by atoms with Gasteiger partial charge in [-0.25, -0.2) is 9.97 Å². The second-order valence-electron chi connectivity index (χ2n) is 6.21. The van der Waals surface area contributed by atoms with Crippen molar-refractivity contribution in [3.63, 3.8) is 0 Å². The van der Waals surface area contributed by atoms with Crippen LogP contribution in [0.15, 0.2) is 42.6 Å². The molecule has 6 heteroatoms. The average Bonchev–Trinajstić information content (AvgIpc) is 3.08. The molecular weight excluding hydrogens is 314 g/mol. The highest BCUT2D eigenvalue weighted by Gasteiger charge is 2.09. The molecule has 0 radical (unpaired) electrons. The van der Waals surface area contributed by atoms with E-state index < -0.39 is 0 Å². The fourth-order valence-corrected chi connectivity index (χ4v) is 2.61. The molecule has 6 nitrogen and oxygen atoms in total. The van der Waals surface area contributed by atoms with Crippen LogP contribution in [-0.2, 0) is 6.54 Å². The zero-order chi connectivity index (χ0) is 17.8. The van der Waals surface area contributed by atoms with Crippen LogP contribution in [0.2, 0.25) is 0 Å². The highest BCUT2D eigenvalue weighted by atomic mass is 16.3. The van der Waals surface area contributed by atoms with Gasteiger partial charge in [-0.3, -0.25) is 4.68 Å². The highest BCUT2D eigenvalue weighted by molar-refractivity contribution is 5.70. The van der Waals surface area contributed by atoms with Crippen molar-refractivity contribution in [3.8, 4) is 22.5 Å². The Kier molecular flexibility index (Phi) is 5.09. The molecule has 1 N–H and O–H groups in total. The summed E-state index contributed by atoms with van der Waals surface area (Å²) in [6.07, 6.45) is 2.64. The number of aromatic nitrogens is 4. The average molecular weight is 337 g/mol. The largest absolute Gasteiger partial charge is 0.396 e. The molecule has 0 amide bonds. The van der Waals surface area contributed by atoms with Gasteiger partial charge in [0.25, 0.3) is 0 Å². The lowest BCUT2D eigenvalue weighted by Crippen LogP contribution is -2.13. The van der Waals surface area contributed by atoms with E-state index >= 15 is 0 Å². The molecule has 3 aromatic rings. The molecule has 0 atom stereocenters. The molecule has 0 aliphatic carbocycles. The van der Waals surface area contributed by atoms with Crippen LogP contribution < -0.4 is 4.90 Å². The van der Waals surface area contributed by atoms with Gasteiger partial charge < -0.3 is 10.0 Å². The third-order valence-electron chi connectivity index (χ3n) is 3.88. The van der Waals surface area contributed by atoms with Gasteiger partial charge in [-0.15, -0.1) is 0 Å². The monoisotopic (exact) mass is 337 g/mol. The summed E-state index contributed by atoms with van der Waals surface area (Å²) >= 11 is 0. The molecule has 1 aromatic carbocycles. The zero-order valence-corrected chi connectivity index (χ0v) is 14.8. The van der Waals surface area contributed by atoms with E-state index in [-0.39, 0.29) is 6.61 Å². The molecule has 0 unspecified atom stereocenters. The van der Waals surface area contributed by atoms with Gasteiger partial charge in [-0.1, -0.05) is 18.2 Å². The Morgan fingerprint density at radius 1 is 1.04 bits per heavy atom. The van der Waals surface area contributed by atoms with Crippen LogP contribution in [0.25, 0.3) is 22.5 Å². The van der Waals surface area contributed by atoms with Crippen molar-refractivity contribution in [2.45, 2.75) is 19.9 Å². The molecule has 0 saturated carbocycles. The van der Waals surface area contributed by atoms with Gasteiger partial charge in [0.1, 0.15) is 0 Å². The van der Waals surface area contributed by atoms with Crippen LogP contribution in [0, 0.1) is 6.92 Å². The smallest absolute Gasteiger partial charge is 0.225 e. The van der Waals surface area contributed by atoms with Gasteiger partial charge in [-0.2, -0.15) is 5.10 Å². The number of nitrogens with zero attached hydrogens (tertiary/aromatic N) is 5. The maximum absolute atomic E-state index is 8.94. The second kappa shape index (κ2) is 7.44. The van der Waals surface area contributed by atoms with Crippen molar-refractivity contribution >= 4 is 5.95 Å². The van der Waals surface area contributed by atoms with Crippen LogP contribution in [-0.4, -0.2) is 45.6 Å². The van der Waals surface area contributed by atoms with E-state index in [1.807, 2.05) is 67.1 Å². The first-order valence-electron chi connectivity index (χ1n) is 8.35. The van der Waals surface area contributed by atoms with E-state index in [0.717, 1.165) is 28.2 Å². The first-order valence-corrected chi connectivity index (χ1v) is 8.35. The maximum Gasteiger partial charge on any atom is 0.225 e. The summed E-state index contributed by atoms with van der Waals surface area (Å²) in [5.74, 6) is 0.702. The number of hydrogen-bond acceptors (Lipinski definition) is 5. The number of anilines is 1. The minimum Gasteiger partial charge on any atom is -0.396 e. The van der Waals surface area contributed by atoms with Gasteiger partial charge in [0.2, 0.25) is 5.95 Å². The third-order valence-corrected chi connectivity index (χ3v) is 3.88. The molecule has 0 fully saturated rings. The summed E-state index contributed by atoms with van der Waals surface area (Å²) < 4.78 is 1.86. The predicted octanol–water partition coefficient (Wildman–Crippen LogP) is 2.76. The van der Waals surface area contributed by atoms with Crippen LogP contribution in [0.5, 0.6) is 0 Å². The van der Waals surface area contributed by atoms with E-state index in [9.17, 15) is 0 Å². The topological polar surface area (TPSA) is 67.1 Å². The molecule has 0 bridgehead atoms. The molecule has 0 spiro atoms. The number of rotatable bonds is 6. The van der Waals surface area contributed by atoms with Crippen molar-refractivity contribution in [2.24, 2.45) is 0 Å². The van der Waals surface area contributed by atoms with Gasteiger partial charge in [0.15, 0.2) is 0 Å². The van der Waals surface area contributed by atoms with E-state index in [0.29, 0.717) is 18.9 Å². The van der Waals surface area contributed by atoms with E-state index in [1.54, 1.807) is 0 Å². The summed E-state index contributed by atoms with van der Waals surface area (Å²) in [4.78, 5) is 11.0. The van der Waals surface area contributed by atoms with Crippen LogP contribution in [0.3, 0.4) is 0 Å². The Hall–Kier alpha value is -2.73. The molecular formula is C19H23N5O. The summed E-state index contributed by atoms with van der Waals surface area (Å²) in [5, 5.41) is 13.5. The second-order valence-corrected chi connectivity index (χ2v) is 6.21. The van der Waals surface area contributed by atoms with Crippen LogP contribution in [0.4, 0.5) is 5.95 Å². The number of benzene rings is 1. The quantitative estimate of drug-likeness (QED) is 0.749. The fourth-order valence-electron chi connectivity index (χ4n) is 2.61. The fraction of sp³-hybridized carbons (Fsp3) is 0.316. The first-order chi connectivity index (χ1) is 12.1. The number of aliphatic hydroxyl groups is 1. The minimum absolute atomic E-state index is 0.173. The van der Waals surface area contributed by atoms with Crippen LogP contribution in [0.1, 0.15) is 12.1 Å². The van der Waals surface area contributed by atoms with Crippen molar-refractivity contribution in [3.05, 3.63) is 48.3 Å². The molecule has 3 rings (SSSR count). The van der Waals surface area contributed by atoms with Crippen LogP contribution >= 0.6 is 0 Å². The third kappa shape index (κ3) is 4.03. The Morgan fingerprint density at radius 2 is 1.80 bits per heavy atom. The predicted molar refractivity (Wildman–Crippen MR) is 99.5 cm³/mol. The first kappa shape index (κ1) is 17.1. The van der Waals surface area contributed by atoms with Gasteiger partial charge in [0, 0.05) is 50.3 Å². The molecule has 2 aromatic heterocycles. The van der Waals surface area contributed by atoms with Crippen molar-refractivity contribution in [2.75, 3.05) is 25.6 Å². The summed E-state index contributed by atoms with van der Waals surface area (Å²) in [5.41, 5.74) is 4.84. The lowest BCUT2D eigenvalue weighted by molar-refractivity contribution is 0.277. The van der Waals surface area contributed by atoms with E-state index in [1.165, 1.54) is 0 Å². The molecule has 0 aliphatic heterocycles. The Bertz CT molecular complexity index is 857. The Labute approximate surface area is 147 Å². The summed E-state index contributed by atoms with van der Waals surface area (Å²) in [6, 6.07) is 12.2. The lowest BCUT2D eigenvalue weighted by atomic mass is 10.1. The van der Waals surface area contributed by atoms with E-state index in [4.69, 9.17) is 5.11 Å².